The van der Waals surface area contributed by atoms with Gasteiger partial charge in [0.25, 0.3) is 0 Å². The molecule has 6 nitrogen and oxygen atoms in total. The van der Waals surface area contributed by atoms with Gasteiger partial charge in [0.1, 0.15) is 5.69 Å². The third-order valence-electron chi connectivity index (χ3n) is 2.74. The Balaban J connectivity index is 1.99. The molecule has 0 saturated heterocycles. The van der Waals surface area contributed by atoms with Gasteiger partial charge in [-0.15, -0.1) is 0 Å². The normalized spacial score (nSPS) is 10.4. The molecule has 0 radical (unpaired) electrons. The molecule has 0 aliphatic rings. The van der Waals surface area contributed by atoms with Crippen LogP contribution in [0.1, 0.15) is 12.5 Å². The molecule has 2 aromatic rings. The number of anilines is 2. The van der Waals surface area contributed by atoms with Crippen molar-refractivity contribution in [3.63, 3.8) is 0 Å². The maximum atomic E-state index is 11.7. The molecule has 0 bridgehead atoms. The van der Waals surface area contributed by atoms with E-state index in [0.29, 0.717) is 5.69 Å². The van der Waals surface area contributed by atoms with Crippen LogP contribution in [-0.4, -0.2) is 16.8 Å². The van der Waals surface area contributed by atoms with Gasteiger partial charge >= 0.3 is 0 Å². The maximum Gasteiger partial charge on any atom is 0.248 e. The Morgan fingerprint density at radius 2 is 1.82 bits per heavy atom. The molecule has 0 aliphatic carbocycles. The molecule has 0 atom stereocenters. The molecule has 1 aromatic carbocycles. The third-order valence-corrected chi connectivity index (χ3v) is 2.74. The molecule has 0 fully saturated rings. The van der Waals surface area contributed by atoms with Gasteiger partial charge < -0.3 is 15.6 Å². The third kappa shape index (κ3) is 4.45. The monoisotopic (exact) mass is 297 g/mol. The van der Waals surface area contributed by atoms with Gasteiger partial charge in [0.2, 0.25) is 17.2 Å². The number of hydrogen-bond donors (Lipinski definition) is 3. The van der Waals surface area contributed by atoms with E-state index in [-0.39, 0.29) is 17.0 Å². The van der Waals surface area contributed by atoms with Gasteiger partial charge in [-0.2, -0.15) is 0 Å². The number of aromatic amines is 1. The minimum absolute atomic E-state index is 0.143. The van der Waals surface area contributed by atoms with E-state index in [1.807, 2.05) is 0 Å². The standard InChI is InChI=1S/C16H15N3O3/c1-11(20)18-13-5-2-12(3-6-13)4-7-16(22)19-14-10-17-9-8-15(14)21/h2-10H,1H3,(H,17,21)(H,18,20)(H,19,22)/b7-4+. The quantitative estimate of drug-likeness (QED) is 0.754. The molecular weight excluding hydrogens is 282 g/mol. The van der Waals surface area contributed by atoms with E-state index in [1.54, 1.807) is 30.3 Å². The van der Waals surface area contributed by atoms with Crippen molar-refractivity contribution in [3.8, 4) is 0 Å². The Hall–Kier alpha value is -3.15. The number of aromatic nitrogens is 1. The molecule has 0 spiro atoms. The number of hydrogen-bond acceptors (Lipinski definition) is 3. The number of benzene rings is 1. The van der Waals surface area contributed by atoms with Crippen LogP contribution < -0.4 is 16.1 Å². The Labute approximate surface area is 126 Å². The fraction of sp³-hybridized carbons (Fsp3) is 0.0625. The van der Waals surface area contributed by atoms with Gasteiger partial charge in [0.15, 0.2) is 0 Å². The van der Waals surface area contributed by atoms with Crippen LogP contribution in [0.15, 0.2) is 53.6 Å². The average Bonchev–Trinajstić information content (AvgIpc) is 2.48. The summed E-state index contributed by atoms with van der Waals surface area (Å²) in [6.07, 6.45) is 5.87. The van der Waals surface area contributed by atoms with E-state index in [4.69, 9.17) is 0 Å². The topological polar surface area (TPSA) is 91.1 Å². The SMILES string of the molecule is CC(=O)Nc1ccc(/C=C/C(=O)Nc2c[nH]ccc2=O)cc1. The molecule has 112 valence electrons. The van der Waals surface area contributed by atoms with Crippen molar-refractivity contribution in [2.24, 2.45) is 0 Å². The summed E-state index contributed by atoms with van der Waals surface area (Å²) in [6, 6.07) is 8.34. The Morgan fingerprint density at radius 3 is 2.45 bits per heavy atom. The lowest BCUT2D eigenvalue weighted by molar-refractivity contribution is -0.114. The van der Waals surface area contributed by atoms with Crippen LogP contribution in [0.5, 0.6) is 0 Å². The van der Waals surface area contributed by atoms with Crippen molar-refractivity contribution in [2.75, 3.05) is 10.6 Å². The second-order valence-electron chi connectivity index (χ2n) is 4.55. The van der Waals surface area contributed by atoms with Crippen molar-refractivity contribution in [2.45, 2.75) is 6.92 Å². The van der Waals surface area contributed by atoms with Crippen LogP contribution in [-0.2, 0) is 9.59 Å². The fourth-order valence-corrected chi connectivity index (χ4v) is 1.74. The Morgan fingerprint density at radius 1 is 1.09 bits per heavy atom. The number of carbonyl (C=O) groups is 2. The summed E-state index contributed by atoms with van der Waals surface area (Å²) < 4.78 is 0. The van der Waals surface area contributed by atoms with E-state index >= 15 is 0 Å². The van der Waals surface area contributed by atoms with E-state index in [2.05, 4.69) is 15.6 Å². The summed E-state index contributed by atoms with van der Waals surface area (Å²) in [6.45, 7) is 1.43. The van der Waals surface area contributed by atoms with Gasteiger partial charge in [0.05, 0.1) is 0 Å². The number of rotatable bonds is 4. The van der Waals surface area contributed by atoms with Crippen LogP contribution >= 0.6 is 0 Å². The van der Waals surface area contributed by atoms with Gasteiger partial charge in [-0.25, -0.2) is 0 Å². The summed E-state index contributed by atoms with van der Waals surface area (Å²) in [5.41, 5.74) is 1.41. The molecule has 2 rings (SSSR count). The highest BCUT2D eigenvalue weighted by Crippen LogP contribution is 2.10. The molecular formula is C16H15N3O3. The van der Waals surface area contributed by atoms with Gasteiger partial charge in [-0.3, -0.25) is 14.4 Å². The number of H-pyrrole nitrogens is 1. The first-order valence-corrected chi connectivity index (χ1v) is 6.58. The van der Waals surface area contributed by atoms with Gasteiger partial charge in [-0.1, -0.05) is 12.1 Å². The fourth-order valence-electron chi connectivity index (χ4n) is 1.74. The maximum absolute atomic E-state index is 11.7. The zero-order valence-corrected chi connectivity index (χ0v) is 11.9. The summed E-state index contributed by atoms with van der Waals surface area (Å²) in [4.78, 5) is 36.8. The van der Waals surface area contributed by atoms with E-state index in [1.165, 1.54) is 31.5 Å². The molecule has 6 heteroatoms. The lowest BCUT2D eigenvalue weighted by atomic mass is 10.2. The highest BCUT2D eigenvalue weighted by molar-refractivity contribution is 6.01. The molecule has 0 aliphatic heterocycles. The van der Waals surface area contributed by atoms with Crippen LogP contribution in [0.4, 0.5) is 11.4 Å². The van der Waals surface area contributed by atoms with Gasteiger partial charge in [-0.05, 0) is 23.8 Å². The zero-order valence-electron chi connectivity index (χ0n) is 11.9. The minimum Gasteiger partial charge on any atom is -0.366 e. The largest absolute Gasteiger partial charge is 0.366 e. The first-order valence-electron chi connectivity index (χ1n) is 6.58. The predicted molar refractivity (Wildman–Crippen MR) is 85.5 cm³/mol. The number of amides is 2. The lowest BCUT2D eigenvalue weighted by Gasteiger charge is -2.02. The van der Waals surface area contributed by atoms with Crippen LogP contribution in [0.25, 0.3) is 6.08 Å². The zero-order chi connectivity index (χ0) is 15.9. The number of carbonyl (C=O) groups excluding carboxylic acids is 2. The number of nitrogens with one attached hydrogen (secondary N) is 3. The second-order valence-corrected chi connectivity index (χ2v) is 4.55. The first-order chi connectivity index (χ1) is 10.5. The van der Waals surface area contributed by atoms with Crippen molar-refractivity contribution in [1.29, 1.82) is 0 Å². The molecule has 22 heavy (non-hydrogen) atoms. The minimum atomic E-state index is -0.400. The van der Waals surface area contributed by atoms with Crippen LogP contribution in [0.3, 0.4) is 0 Å². The lowest BCUT2D eigenvalue weighted by Crippen LogP contribution is -2.15. The number of pyridine rings is 1. The van der Waals surface area contributed by atoms with Crippen molar-refractivity contribution >= 4 is 29.3 Å². The van der Waals surface area contributed by atoms with Crippen molar-refractivity contribution in [1.82, 2.24) is 4.98 Å². The predicted octanol–water partition coefficient (Wildman–Crippen LogP) is 1.99. The van der Waals surface area contributed by atoms with Crippen LogP contribution in [0.2, 0.25) is 0 Å². The summed E-state index contributed by atoms with van der Waals surface area (Å²) >= 11 is 0. The molecule has 0 saturated carbocycles. The summed E-state index contributed by atoms with van der Waals surface area (Å²) in [5, 5.41) is 5.15. The summed E-state index contributed by atoms with van der Waals surface area (Å²) in [5.74, 6) is -0.543. The summed E-state index contributed by atoms with van der Waals surface area (Å²) in [7, 11) is 0. The second kappa shape index (κ2) is 7.03. The van der Waals surface area contributed by atoms with Crippen LogP contribution in [0, 0.1) is 0 Å². The van der Waals surface area contributed by atoms with E-state index in [0.717, 1.165) is 5.56 Å². The highest BCUT2D eigenvalue weighted by Gasteiger charge is 2.01. The van der Waals surface area contributed by atoms with Gasteiger partial charge in [0, 0.05) is 37.1 Å². The smallest absolute Gasteiger partial charge is 0.248 e. The van der Waals surface area contributed by atoms with Crippen molar-refractivity contribution < 1.29 is 9.59 Å². The molecule has 0 unspecified atom stereocenters. The molecule has 1 aromatic heterocycles. The Kier molecular flexibility index (Phi) is 4.87. The highest BCUT2D eigenvalue weighted by atomic mass is 16.2. The average molecular weight is 297 g/mol. The first kappa shape index (κ1) is 15.2. The molecule has 3 N–H and O–H groups in total. The Bertz CT molecular complexity index is 761. The molecule has 1 heterocycles. The molecule has 2 amide bonds. The van der Waals surface area contributed by atoms with E-state index < -0.39 is 5.91 Å². The van der Waals surface area contributed by atoms with Crippen molar-refractivity contribution in [3.05, 3.63) is 64.6 Å². The van der Waals surface area contributed by atoms with E-state index in [9.17, 15) is 14.4 Å².